The average molecular weight is 473 g/mol. The second kappa shape index (κ2) is 7.57. The number of aliphatic hydroxyl groups excluding tert-OH is 2. The van der Waals surface area contributed by atoms with Crippen LogP contribution in [0.2, 0.25) is 0 Å². The fraction of sp³-hybridized carbons (Fsp3) is 0.935. The second-order valence-corrected chi connectivity index (χ2v) is 15.4. The van der Waals surface area contributed by atoms with Crippen molar-refractivity contribution < 1.29 is 14.9 Å². The van der Waals surface area contributed by atoms with Gasteiger partial charge in [0, 0.05) is 17.9 Å². The first-order chi connectivity index (χ1) is 15.7. The molecule has 1 unspecified atom stereocenters. The highest BCUT2D eigenvalue weighted by Crippen LogP contribution is 2.75. The summed E-state index contributed by atoms with van der Waals surface area (Å²) in [4.78, 5) is 0. The van der Waals surface area contributed by atoms with Crippen molar-refractivity contribution in [2.75, 3.05) is 13.7 Å². The molecule has 194 valence electrons. The first-order valence-electron chi connectivity index (χ1n) is 14.2. The highest BCUT2D eigenvalue weighted by atomic mass is 16.5. The summed E-state index contributed by atoms with van der Waals surface area (Å²) in [6.07, 6.45) is 13.1. The fourth-order valence-electron chi connectivity index (χ4n) is 11.0. The molecule has 4 saturated carbocycles. The lowest BCUT2D eigenvalue weighted by molar-refractivity contribution is -0.219. The van der Waals surface area contributed by atoms with Gasteiger partial charge in [-0.15, -0.1) is 0 Å². The topological polar surface area (TPSA) is 49.7 Å². The molecule has 0 aliphatic heterocycles. The van der Waals surface area contributed by atoms with Crippen LogP contribution < -0.4 is 0 Å². The van der Waals surface area contributed by atoms with Crippen LogP contribution in [-0.4, -0.2) is 36.1 Å². The molecule has 0 heterocycles. The summed E-state index contributed by atoms with van der Waals surface area (Å²) in [6, 6.07) is 0. The second-order valence-electron chi connectivity index (χ2n) is 15.4. The van der Waals surface area contributed by atoms with Gasteiger partial charge in [0.15, 0.2) is 0 Å². The molecule has 4 fully saturated rings. The SMILES string of the molecule is CO[C@@H]1CC(C)(C)C[C@H]2C3=CCC4[C@@]5(C)CC[C@H](O)[C@](C)(CO)[C@@H]5CC[C@@]4(C)[C@]3(C)CC[C@@]12C. The van der Waals surface area contributed by atoms with Crippen molar-refractivity contribution in [1.29, 1.82) is 0 Å². The maximum Gasteiger partial charge on any atom is 0.0635 e. The normalized spacial score (nSPS) is 56.4. The van der Waals surface area contributed by atoms with Crippen molar-refractivity contribution >= 4 is 0 Å². The minimum absolute atomic E-state index is 0.101. The van der Waals surface area contributed by atoms with Gasteiger partial charge in [0.25, 0.3) is 0 Å². The minimum Gasteiger partial charge on any atom is -0.396 e. The van der Waals surface area contributed by atoms with E-state index in [2.05, 4.69) is 54.5 Å². The maximum atomic E-state index is 11.0. The molecule has 5 rings (SSSR count). The molecule has 34 heavy (non-hydrogen) atoms. The van der Waals surface area contributed by atoms with Gasteiger partial charge in [0.1, 0.15) is 0 Å². The van der Waals surface area contributed by atoms with Crippen molar-refractivity contribution in [3.05, 3.63) is 11.6 Å². The Labute approximate surface area is 209 Å². The van der Waals surface area contributed by atoms with Crippen molar-refractivity contribution in [2.45, 2.75) is 118 Å². The van der Waals surface area contributed by atoms with Crippen LogP contribution in [0.25, 0.3) is 0 Å². The summed E-state index contributed by atoms with van der Waals surface area (Å²) in [5.74, 6) is 1.62. The van der Waals surface area contributed by atoms with E-state index in [1.807, 2.05) is 7.11 Å². The number of aliphatic hydroxyl groups is 2. The predicted molar refractivity (Wildman–Crippen MR) is 138 cm³/mol. The van der Waals surface area contributed by atoms with Crippen LogP contribution in [0.15, 0.2) is 11.6 Å². The Balaban J connectivity index is 1.58. The molecule has 3 heteroatoms. The quantitative estimate of drug-likeness (QED) is 0.436. The van der Waals surface area contributed by atoms with Crippen molar-refractivity contribution in [3.8, 4) is 0 Å². The van der Waals surface area contributed by atoms with E-state index in [1.165, 1.54) is 32.1 Å². The average Bonchev–Trinajstić information content (AvgIpc) is 2.77. The van der Waals surface area contributed by atoms with E-state index in [0.717, 1.165) is 25.7 Å². The molecule has 0 aromatic carbocycles. The lowest BCUT2D eigenvalue weighted by Crippen LogP contribution is -2.66. The highest BCUT2D eigenvalue weighted by molar-refractivity contribution is 5.34. The van der Waals surface area contributed by atoms with Gasteiger partial charge in [-0.05, 0) is 97.2 Å². The van der Waals surface area contributed by atoms with Crippen LogP contribution in [-0.2, 0) is 4.74 Å². The van der Waals surface area contributed by atoms with Gasteiger partial charge >= 0.3 is 0 Å². The number of ether oxygens (including phenoxy) is 1. The smallest absolute Gasteiger partial charge is 0.0635 e. The van der Waals surface area contributed by atoms with Gasteiger partial charge in [0.2, 0.25) is 0 Å². The summed E-state index contributed by atoms with van der Waals surface area (Å²) in [6.45, 7) is 17.5. The standard InChI is InChI=1S/C31H52O3/c1-26(2)17-21-20-9-10-23-28(4)13-12-24(33)29(5,19-32)22(28)11-14-31(23,7)30(20,6)16-15-27(21,3)25(18-26)34-8/h9,21-25,32-33H,10-19H2,1-8H3/t21-,22+,23?,24-,25+,27+,28-,29+,30+,31+/m0/s1. The molecule has 0 bridgehead atoms. The Morgan fingerprint density at radius 2 is 1.59 bits per heavy atom. The molecule has 10 atom stereocenters. The van der Waals surface area contributed by atoms with Crippen molar-refractivity contribution in [1.82, 2.24) is 0 Å². The van der Waals surface area contributed by atoms with E-state index >= 15 is 0 Å². The molecular weight excluding hydrogens is 420 g/mol. The first kappa shape index (κ1) is 25.3. The van der Waals surface area contributed by atoms with Crippen LogP contribution in [0.4, 0.5) is 0 Å². The Bertz CT molecular complexity index is 863. The van der Waals surface area contributed by atoms with Crippen molar-refractivity contribution in [3.63, 3.8) is 0 Å². The van der Waals surface area contributed by atoms with E-state index in [1.54, 1.807) is 5.57 Å². The predicted octanol–water partition coefficient (Wildman–Crippen LogP) is 6.77. The van der Waals surface area contributed by atoms with Gasteiger partial charge in [0.05, 0.1) is 18.8 Å². The van der Waals surface area contributed by atoms with E-state index < -0.39 is 0 Å². The molecule has 0 radical (unpaired) electrons. The zero-order chi connectivity index (χ0) is 24.9. The number of rotatable bonds is 2. The van der Waals surface area contributed by atoms with Crippen LogP contribution in [0.3, 0.4) is 0 Å². The molecule has 5 aliphatic rings. The zero-order valence-electron chi connectivity index (χ0n) is 23.3. The van der Waals surface area contributed by atoms with Gasteiger partial charge in [-0.3, -0.25) is 0 Å². The monoisotopic (exact) mass is 472 g/mol. The third kappa shape index (κ3) is 2.99. The van der Waals surface area contributed by atoms with Crippen LogP contribution in [0.5, 0.6) is 0 Å². The Hall–Kier alpha value is -0.380. The molecule has 0 amide bonds. The molecule has 5 aliphatic carbocycles. The van der Waals surface area contributed by atoms with Crippen molar-refractivity contribution in [2.24, 2.45) is 50.2 Å². The summed E-state index contributed by atoms with van der Waals surface area (Å²) in [7, 11) is 1.94. The number of methoxy groups -OCH3 is 1. The fourth-order valence-corrected chi connectivity index (χ4v) is 11.0. The summed E-state index contributed by atoms with van der Waals surface area (Å²) in [5, 5.41) is 21.4. The minimum atomic E-state index is -0.379. The number of hydrogen-bond donors (Lipinski definition) is 2. The molecular formula is C31H52O3. The van der Waals surface area contributed by atoms with Gasteiger partial charge in [-0.2, -0.15) is 0 Å². The largest absolute Gasteiger partial charge is 0.396 e. The summed E-state index contributed by atoms with van der Waals surface area (Å²) < 4.78 is 6.20. The zero-order valence-corrected chi connectivity index (χ0v) is 23.3. The van der Waals surface area contributed by atoms with Gasteiger partial charge in [-0.1, -0.05) is 60.1 Å². The van der Waals surface area contributed by atoms with Gasteiger partial charge in [-0.25, -0.2) is 0 Å². The Morgan fingerprint density at radius 1 is 0.882 bits per heavy atom. The Kier molecular flexibility index (Phi) is 5.63. The lowest BCUT2D eigenvalue weighted by Gasteiger charge is -2.71. The molecule has 0 spiro atoms. The number of hydrogen-bond acceptors (Lipinski definition) is 3. The summed E-state index contributed by atoms with van der Waals surface area (Å²) in [5.41, 5.74) is 2.62. The lowest BCUT2D eigenvalue weighted by atomic mass is 9.33. The summed E-state index contributed by atoms with van der Waals surface area (Å²) >= 11 is 0. The van der Waals surface area contributed by atoms with Crippen LogP contribution in [0.1, 0.15) is 106 Å². The van der Waals surface area contributed by atoms with E-state index in [0.29, 0.717) is 29.3 Å². The highest BCUT2D eigenvalue weighted by Gasteiger charge is 2.69. The van der Waals surface area contributed by atoms with E-state index in [4.69, 9.17) is 4.74 Å². The molecule has 0 aromatic heterocycles. The van der Waals surface area contributed by atoms with E-state index in [9.17, 15) is 10.2 Å². The number of allylic oxidation sites excluding steroid dienone is 2. The van der Waals surface area contributed by atoms with E-state index in [-0.39, 0.29) is 39.8 Å². The van der Waals surface area contributed by atoms with Crippen LogP contribution >= 0.6 is 0 Å². The molecule has 2 N–H and O–H groups in total. The van der Waals surface area contributed by atoms with Crippen LogP contribution in [0, 0.1) is 50.2 Å². The Morgan fingerprint density at radius 3 is 2.24 bits per heavy atom. The number of fused-ring (bicyclic) bond motifs is 7. The third-order valence-corrected chi connectivity index (χ3v) is 13.5. The maximum absolute atomic E-state index is 11.0. The molecule has 3 nitrogen and oxygen atoms in total. The first-order valence-corrected chi connectivity index (χ1v) is 14.2. The molecule has 0 aromatic rings. The van der Waals surface area contributed by atoms with Gasteiger partial charge < -0.3 is 14.9 Å². The third-order valence-electron chi connectivity index (χ3n) is 13.5. The molecule has 0 saturated heterocycles.